The first-order chi connectivity index (χ1) is 30.1. The molecule has 4 aliphatic rings. The van der Waals surface area contributed by atoms with E-state index >= 15 is 0 Å². The fourth-order valence-corrected chi connectivity index (χ4v) is 13.6. The van der Waals surface area contributed by atoms with Crippen LogP contribution in [0.4, 0.5) is 17.1 Å². The minimum atomic E-state index is -0.524. The van der Waals surface area contributed by atoms with Gasteiger partial charge in [0.15, 0.2) is 0 Å². The smallest absolute Gasteiger partial charge is 0.0707 e. The Hall–Kier alpha value is -6.44. The highest BCUT2D eigenvalue weighted by molar-refractivity contribution is 5.82. The van der Waals surface area contributed by atoms with Gasteiger partial charge < -0.3 is 4.90 Å². The van der Waals surface area contributed by atoms with Gasteiger partial charge in [0.25, 0.3) is 0 Å². The number of nitrogens with zero attached hydrogens (tertiary/aromatic N) is 1. The summed E-state index contributed by atoms with van der Waals surface area (Å²) in [6.07, 6.45) is 5.34. The van der Waals surface area contributed by atoms with Crippen molar-refractivity contribution >= 4 is 17.1 Å². The molecule has 1 nitrogen and oxygen atoms in total. The molecule has 296 valence electrons. The van der Waals surface area contributed by atoms with E-state index in [0.29, 0.717) is 23.7 Å². The number of anilines is 3. The topological polar surface area (TPSA) is 3.24 Å². The van der Waals surface area contributed by atoms with Crippen LogP contribution in [0.5, 0.6) is 0 Å². The van der Waals surface area contributed by atoms with Gasteiger partial charge >= 0.3 is 0 Å². The zero-order valence-electron chi connectivity index (χ0n) is 34.9. The lowest BCUT2D eigenvalue weighted by atomic mass is 9.53. The summed E-state index contributed by atoms with van der Waals surface area (Å²) in [4.78, 5) is 2.51. The summed E-state index contributed by atoms with van der Waals surface area (Å²) in [5.74, 6) is 3.34. The van der Waals surface area contributed by atoms with Gasteiger partial charge in [-0.3, -0.25) is 0 Å². The molecule has 0 N–H and O–H groups in total. The number of hydrogen-bond donors (Lipinski definition) is 0. The first kappa shape index (κ1) is 36.4. The monoisotopic (exact) mass is 785 g/mol. The molecule has 61 heavy (non-hydrogen) atoms. The summed E-state index contributed by atoms with van der Waals surface area (Å²) in [5, 5.41) is 0. The summed E-state index contributed by atoms with van der Waals surface area (Å²) in [5.41, 5.74) is 16.7. The number of fused-ring (bicyclic) bond motifs is 2. The van der Waals surface area contributed by atoms with E-state index in [-0.39, 0.29) is 5.41 Å². The summed E-state index contributed by atoms with van der Waals surface area (Å²) >= 11 is 0. The molecule has 0 heterocycles. The second-order valence-electron chi connectivity index (χ2n) is 18.6. The predicted octanol–water partition coefficient (Wildman–Crippen LogP) is 15.3. The average molecular weight is 786 g/mol. The van der Waals surface area contributed by atoms with E-state index in [1.165, 1.54) is 75.9 Å². The Morgan fingerprint density at radius 2 is 0.836 bits per heavy atom. The Balaban J connectivity index is 1.15. The summed E-state index contributed by atoms with van der Waals surface area (Å²) in [6, 6.07) is 80.4. The Kier molecular flexibility index (Phi) is 8.56. The minimum absolute atomic E-state index is 0.103. The summed E-state index contributed by atoms with van der Waals surface area (Å²) in [7, 11) is 0. The molecule has 0 aromatic heterocycles. The van der Waals surface area contributed by atoms with Crippen LogP contribution in [-0.2, 0) is 10.8 Å². The molecule has 3 fully saturated rings. The Morgan fingerprint density at radius 3 is 1.36 bits per heavy atom. The Labute approximate surface area is 361 Å². The zero-order valence-corrected chi connectivity index (χ0v) is 34.9. The zero-order chi connectivity index (χ0) is 40.5. The molecule has 2 bridgehead atoms. The van der Waals surface area contributed by atoms with Crippen molar-refractivity contribution in [2.75, 3.05) is 4.90 Å². The molecule has 8 aromatic rings. The molecule has 12 rings (SSSR count). The third-order valence-corrected chi connectivity index (χ3v) is 15.6. The SMILES string of the molecule is C[C@H]1C[C@@H]2C[C@@H]3C[C@H](C1)C21c2ccc(N(c4ccc(-c5ccccc5)cc4)c4ccc(-c5ccccc5)cc4)cc2C(c2ccccc2)(c2ccccc2)c2ccccc2C31. The van der Waals surface area contributed by atoms with Gasteiger partial charge in [0.05, 0.1) is 5.41 Å². The van der Waals surface area contributed by atoms with E-state index in [0.717, 1.165) is 17.3 Å². The number of benzene rings is 8. The van der Waals surface area contributed by atoms with Crippen LogP contribution >= 0.6 is 0 Å². The van der Waals surface area contributed by atoms with Crippen LogP contribution < -0.4 is 4.90 Å². The maximum Gasteiger partial charge on any atom is 0.0707 e. The molecule has 1 heteroatoms. The van der Waals surface area contributed by atoms with E-state index in [1.807, 2.05) is 0 Å². The quantitative estimate of drug-likeness (QED) is 0.156. The molecular weight excluding hydrogens is 735 g/mol. The van der Waals surface area contributed by atoms with Crippen molar-refractivity contribution in [2.24, 2.45) is 23.7 Å². The van der Waals surface area contributed by atoms with Gasteiger partial charge in [-0.05, 0) is 147 Å². The third kappa shape index (κ3) is 5.46. The van der Waals surface area contributed by atoms with Crippen molar-refractivity contribution in [2.45, 2.75) is 49.4 Å². The van der Waals surface area contributed by atoms with Crippen LogP contribution in [0.2, 0.25) is 0 Å². The second-order valence-corrected chi connectivity index (χ2v) is 18.6. The molecule has 3 saturated carbocycles. The largest absolute Gasteiger partial charge is 0.310 e. The van der Waals surface area contributed by atoms with Crippen molar-refractivity contribution in [3.05, 3.63) is 246 Å². The maximum absolute atomic E-state index is 2.64. The standard InChI is InChI=1S/C60H51N/c1-41-36-49-38-46-39-50(37-41)60(49)56-35-34-53(40-57(56)59(47-20-10-4-11-21-47,48-22-12-5-13-23-48)55-25-15-14-24-54(55)58(46)60)61(51-30-26-44(27-31-51)42-16-6-2-7-17-42)52-32-28-45(29-33-52)43-18-8-3-9-19-43/h2-35,40-41,46,49-50,58H,36-39H2,1H3/t41-,46+,49+,50-,58?,60?. The molecule has 1 spiro atoms. The van der Waals surface area contributed by atoms with E-state index in [9.17, 15) is 0 Å². The van der Waals surface area contributed by atoms with Crippen LogP contribution in [0.15, 0.2) is 212 Å². The van der Waals surface area contributed by atoms with Gasteiger partial charge in [-0.15, -0.1) is 0 Å². The molecule has 0 radical (unpaired) electrons. The van der Waals surface area contributed by atoms with E-state index < -0.39 is 5.41 Å². The predicted molar refractivity (Wildman–Crippen MR) is 253 cm³/mol. The number of rotatable bonds is 7. The molecular formula is C60H51N. The van der Waals surface area contributed by atoms with Gasteiger partial charge in [0.1, 0.15) is 0 Å². The highest BCUT2D eigenvalue weighted by atomic mass is 15.1. The van der Waals surface area contributed by atoms with Crippen molar-refractivity contribution in [1.82, 2.24) is 0 Å². The van der Waals surface area contributed by atoms with Crippen molar-refractivity contribution < 1.29 is 0 Å². The van der Waals surface area contributed by atoms with E-state index in [4.69, 9.17) is 0 Å². The highest BCUT2D eigenvalue weighted by Gasteiger charge is 2.69. The van der Waals surface area contributed by atoms with Crippen LogP contribution in [-0.4, -0.2) is 0 Å². The molecule has 4 aliphatic carbocycles. The third-order valence-electron chi connectivity index (χ3n) is 15.6. The molecule has 0 aliphatic heterocycles. The lowest BCUT2D eigenvalue weighted by Crippen LogP contribution is -2.46. The lowest BCUT2D eigenvalue weighted by molar-refractivity contribution is 0.0823. The van der Waals surface area contributed by atoms with E-state index in [2.05, 4.69) is 224 Å². The van der Waals surface area contributed by atoms with Crippen LogP contribution in [0.25, 0.3) is 22.3 Å². The van der Waals surface area contributed by atoms with Crippen LogP contribution in [0.1, 0.15) is 71.9 Å². The van der Waals surface area contributed by atoms with Crippen molar-refractivity contribution in [1.29, 1.82) is 0 Å². The average Bonchev–Trinajstić information content (AvgIpc) is 3.79. The molecule has 6 atom stereocenters. The van der Waals surface area contributed by atoms with E-state index in [1.54, 1.807) is 11.1 Å². The summed E-state index contributed by atoms with van der Waals surface area (Å²) < 4.78 is 0. The molecule has 8 aromatic carbocycles. The fraction of sp³-hybridized carbons (Fsp3) is 0.200. The van der Waals surface area contributed by atoms with Gasteiger partial charge in [0.2, 0.25) is 0 Å². The minimum Gasteiger partial charge on any atom is -0.310 e. The lowest BCUT2D eigenvalue weighted by Gasteiger charge is -2.51. The van der Waals surface area contributed by atoms with Crippen LogP contribution in [0, 0.1) is 23.7 Å². The molecule has 0 saturated heterocycles. The first-order valence-electron chi connectivity index (χ1n) is 22.6. The summed E-state index contributed by atoms with van der Waals surface area (Å²) in [6.45, 7) is 2.53. The van der Waals surface area contributed by atoms with Crippen molar-refractivity contribution in [3.8, 4) is 22.3 Å². The Bertz CT molecular complexity index is 2690. The number of hydrogen-bond acceptors (Lipinski definition) is 1. The molecule has 2 unspecified atom stereocenters. The normalized spacial score (nSPS) is 23.9. The van der Waals surface area contributed by atoms with Gasteiger partial charge in [0, 0.05) is 22.5 Å². The highest BCUT2D eigenvalue weighted by Crippen LogP contribution is 2.76. The van der Waals surface area contributed by atoms with Crippen LogP contribution in [0.3, 0.4) is 0 Å². The van der Waals surface area contributed by atoms with Gasteiger partial charge in [-0.1, -0.05) is 183 Å². The van der Waals surface area contributed by atoms with Crippen molar-refractivity contribution in [3.63, 3.8) is 0 Å². The molecule has 0 amide bonds. The Morgan fingerprint density at radius 1 is 0.393 bits per heavy atom. The first-order valence-corrected chi connectivity index (χ1v) is 22.6. The fourth-order valence-electron chi connectivity index (χ4n) is 13.6. The second kappa shape index (κ2) is 14.3. The van der Waals surface area contributed by atoms with Gasteiger partial charge in [-0.2, -0.15) is 0 Å². The maximum atomic E-state index is 2.64. The van der Waals surface area contributed by atoms with Gasteiger partial charge in [-0.25, -0.2) is 0 Å².